The zero-order chi connectivity index (χ0) is 16.9. The summed E-state index contributed by atoms with van der Waals surface area (Å²) in [5.41, 5.74) is 1.70. The molecule has 5 nitrogen and oxygen atoms in total. The van der Waals surface area contributed by atoms with Crippen LogP contribution < -0.4 is 0 Å². The summed E-state index contributed by atoms with van der Waals surface area (Å²) in [7, 11) is 0. The van der Waals surface area contributed by atoms with E-state index in [2.05, 4.69) is 11.9 Å². The van der Waals surface area contributed by atoms with Crippen molar-refractivity contribution in [1.29, 1.82) is 0 Å². The normalized spacial score (nSPS) is 18.5. The van der Waals surface area contributed by atoms with Crippen LogP contribution in [0.1, 0.15) is 35.8 Å². The predicted octanol–water partition coefficient (Wildman–Crippen LogP) is 2.67. The molecule has 3 rings (SSSR count). The first-order valence-corrected chi connectivity index (χ1v) is 8.45. The number of aromatic amines is 1. The van der Waals surface area contributed by atoms with E-state index in [-0.39, 0.29) is 17.9 Å². The first-order chi connectivity index (χ1) is 11.7. The number of amides is 2. The Hall–Kier alpha value is -2.56. The molecular weight excluding hydrogens is 302 g/mol. The lowest BCUT2D eigenvalue weighted by molar-refractivity contribution is -0.133. The summed E-state index contributed by atoms with van der Waals surface area (Å²) in [4.78, 5) is 31.9. The number of benzene rings is 1. The number of rotatable bonds is 4. The number of hydrogen-bond acceptors (Lipinski definition) is 2. The van der Waals surface area contributed by atoms with Crippen molar-refractivity contribution in [2.45, 2.75) is 32.4 Å². The van der Waals surface area contributed by atoms with E-state index in [4.69, 9.17) is 0 Å². The Balaban J connectivity index is 1.77. The van der Waals surface area contributed by atoms with Crippen molar-refractivity contribution in [2.24, 2.45) is 0 Å². The molecule has 126 valence electrons. The third kappa shape index (κ3) is 3.50. The van der Waals surface area contributed by atoms with Gasteiger partial charge < -0.3 is 14.8 Å². The van der Waals surface area contributed by atoms with Gasteiger partial charge in [0.25, 0.3) is 5.91 Å². The molecule has 24 heavy (non-hydrogen) atoms. The molecule has 1 fully saturated rings. The fourth-order valence-electron chi connectivity index (χ4n) is 3.19. The van der Waals surface area contributed by atoms with Crippen molar-refractivity contribution in [2.75, 3.05) is 13.1 Å². The largest absolute Gasteiger partial charge is 0.357 e. The van der Waals surface area contributed by atoms with Gasteiger partial charge in [-0.05, 0) is 24.1 Å². The van der Waals surface area contributed by atoms with Crippen molar-refractivity contribution < 1.29 is 9.59 Å². The Kier molecular flexibility index (Phi) is 4.99. The summed E-state index contributed by atoms with van der Waals surface area (Å²) in [6.07, 6.45) is 2.94. The maximum Gasteiger partial charge on any atom is 0.270 e. The van der Waals surface area contributed by atoms with Gasteiger partial charge in [0.05, 0.1) is 0 Å². The highest BCUT2D eigenvalue weighted by molar-refractivity contribution is 5.93. The number of H-pyrrole nitrogens is 1. The summed E-state index contributed by atoms with van der Waals surface area (Å²) in [6, 6.07) is 13.6. The van der Waals surface area contributed by atoms with Crippen LogP contribution in [0.4, 0.5) is 0 Å². The van der Waals surface area contributed by atoms with Crippen molar-refractivity contribution in [3.05, 3.63) is 59.9 Å². The third-order valence-corrected chi connectivity index (χ3v) is 4.57. The second-order valence-electron chi connectivity index (χ2n) is 6.15. The molecule has 2 heterocycles. The number of hydrogen-bond donors (Lipinski definition) is 1. The second kappa shape index (κ2) is 7.34. The summed E-state index contributed by atoms with van der Waals surface area (Å²) in [5, 5.41) is 0. The molecule has 0 unspecified atom stereocenters. The topological polar surface area (TPSA) is 56.4 Å². The van der Waals surface area contributed by atoms with Gasteiger partial charge in [0, 0.05) is 38.3 Å². The molecule has 1 aromatic heterocycles. The van der Waals surface area contributed by atoms with E-state index in [9.17, 15) is 9.59 Å². The number of carbonyl (C=O) groups is 2. The van der Waals surface area contributed by atoms with Gasteiger partial charge >= 0.3 is 0 Å². The minimum atomic E-state index is -0.0344. The SMILES string of the molecule is CC[C@@H]1CN(C(=O)c2ccc[nH]2)CCC(=O)N1Cc1ccccc1. The van der Waals surface area contributed by atoms with Crippen molar-refractivity contribution in [1.82, 2.24) is 14.8 Å². The first-order valence-electron chi connectivity index (χ1n) is 8.45. The van der Waals surface area contributed by atoms with Crippen LogP contribution in [0.2, 0.25) is 0 Å². The van der Waals surface area contributed by atoms with Crippen LogP contribution in [0.15, 0.2) is 48.7 Å². The van der Waals surface area contributed by atoms with E-state index in [1.807, 2.05) is 41.3 Å². The van der Waals surface area contributed by atoms with Crippen LogP contribution in [0.5, 0.6) is 0 Å². The van der Waals surface area contributed by atoms with Crippen LogP contribution in [0, 0.1) is 0 Å². The molecule has 1 atom stereocenters. The Morgan fingerprint density at radius 1 is 1.21 bits per heavy atom. The van der Waals surface area contributed by atoms with Gasteiger partial charge in [-0.1, -0.05) is 37.3 Å². The molecule has 0 spiro atoms. The minimum absolute atomic E-state index is 0.0344. The van der Waals surface area contributed by atoms with Gasteiger partial charge in [0.2, 0.25) is 5.91 Å². The fraction of sp³-hybridized carbons (Fsp3) is 0.368. The molecule has 0 aliphatic carbocycles. The van der Waals surface area contributed by atoms with E-state index in [0.29, 0.717) is 31.7 Å². The highest BCUT2D eigenvalue weighted by atomic mass is 16.2. The lowest BCUT2D eigenvalue weighted by Gasteiger charge is -2.31. The molecule has 0 bridgehead atoms. The smallest absolute Gasteiger partial charge is 0.270 e. The summed E-state index contributed by atoms with van der Waals surface area (Å²) >= 11 is 0. The number of aromatic nitrogens is 1. The number of nitrogens with zero attached hydrogens (tertiary/aromatic N) is 2. The molecule has 1 aliphatic rings. The molecular formula is C19H23N3O2. The average Bonchev–Trinajstić information content (AvgIpc) is 3.10. The third-order valence-electron chi connectivity index (χ3n) is 4.57. The Morgan fingerprint density at radius 3 is 2.67 bits per heavy atom. The molecule has 1 N–H and O–H groups in total. The monoisotopic (exact) mass is 325 g/mol. The van der Waals surface area contributed by atoms with E-state index < -0.39 is 0 Å². The average molecular weight is 325 g/mol. The molecule has 2 amide bonds. The quantitative estimate of drug-likeness (QED) is 0.939. The standard InChI is InChI=1S/C19H23N3O2/c1-2-16-14-21(19(24)17-9-6-11-20-17)12-10-18(23)22(16)13-15-7-4-3-5-8-15/h3-9,11,16,20H,2,10,12-14H2,1H3/t16-/m1/s1. The van der Waals surface area contributed by atoms with Crippen LogP contribution in [-0.4, -0.2) is 45.7 Å². The highest BCUT2D eigenvalue weighted by Crippen LogP contribution is 2.19. The van der Waals surface area contributed by atoms with Crippen molar-refractivity contribution in [3.8, 4) is 0 Å². The van der Waals surface area contributed by atoms with Crippen molar-refractivity contribution >= 4 is 11.8 Å². The number of nitrogens with one attached hydrogen (secondary N) is 1. The molecule has 5 heteroatoms. The van der Waals surface area contributed by atoms with E-state index in [1.165, 1.54) is 0 Å². The van der Waals surface area contributed by atoms with E-state index in [1.54, 1.807) is 17.2 Å². The van der Waals surface area contributed by atoms with Gasteiger partial charge in [-0.3, -0.25) is 9.59 Å². The zero-order valence-electron chi connectivity index (χ0n) is 13.9. The van der Waals surface area contributed by atoms with Crippen molar-refractivity contribution in [3.63, 3.8) is 0 Å². The summed E-state index contributed by atoms with van der Waals surface area (Å²) in [5.74, 6) is 0.0836. The summed E-state index contributed by atoms with van der Waals surface area (Å²) < 4.78 is 0. The van der Waals surface area contributed by atoms with Crippen LogP contribution in [0.3, 0.4) is 0 Å². The number of carbonyl (C=O) groups excluding carboxylic acids is 2. The second-order valence-corrected chi connectivity index (χ2v) is 6.15. The maximum absolute atomic E-state index is 12.6. The fourth-order valence-corrected chi connectivity index (χ4v) is 3.19. The minimum Gasteiger partial charge on any atom is -0.357 e. The van der Waals surface area contributed by atoms with Gasteiger partial charge in [-0.15, -0.1) is 0 Å². The van der Waals surface area contributed by atoms with Gasteiger partial charge in [0.15, 0.2) is 0 Å². The molecule has 0 saturated carbocycles. The van der Waals surface area contributed by atoms with E-state index >= 15 is 0 Å². The van der Waals surface area contributed by atoms with Crippen LogP contribution in [-0.2, 0) is 11.3 Å². The maximum atomic E-state index is 12.6. The Bertz CT molecular complexity index is 682. The summed E-state index contributed by atoms with van der Waals surface area (Å²) in [6.45, 7) is 3.71. The molecule has 1 saturated heterocycles. The zero-order valence-corrected chi connectivity index (χ0v) is 13.9. The van der Waals surface area contributed by atoms with Crippen LogP contribution >= 0.6 is 0 Å². The Labute approximate surface area is 142 Å². The Morgan fingerprint density at radius 2 is 2.00 bits per heavy atom. The molecule has 1 aliphatic heterocycles. The lowest BCUT2D eigenvalue weighted by Crippen LogP contribution is -2.43. The van der Waals surface area contributed by atoms with Gasteiger partial charge in [-0.2, -0.15) is 0 Å². The van der Waals surface area contributed by atoms with Gasteiger partial charge in [-0.25, -0.2) is 0 Å². The molecule has 0 radical (unpaired) electrons. The first kappa shape index (κ1) is 16.3. The highest BCUT2D eigenvalue weighted by Gasteiger charge is 2.31. The predicted molar refractivity (Wildman–Crippen MR) is 92.4 cm³/mol. The lowest BCUT2D eigenvalue weighted by atomic mass is 10.1. The molecule has 2 aromatic rings. The van der Waals surface area contributed by atoms with Gasteiger partial charge in [0.1, 0.15) is 5.69 Å². The van der Waals surface area contributed by atoms with E-state index in [0.717, 1.165) is 12.0 Å². The molecule has 1 aromatic carbocycles. The van der Waals surface area contributed by atoms with Crippen LogP contribution in [0.25, 0.3) is 0 Å².